The van der Waals surface area contributed by atoms with Gasteiger partial charge in [-0.3, -0.25) is 0 Å². The number of H-pyrrole nitrogens is 1. The predicted molar refractivity (Wildman–Crippen MR) is 67.4 cm³/mol. The molecule has 0 spiro atoms. The van der Waals surface area contributed by atoms with Crippen molar-refractivity contribution in [3.63, 3.8) is 0 Å². The minimum atomic E-state index is 0.340. The van der Waals surface area contributed by atoms with E-state index in [1.54, 1.807) is 0 Å². The molecule has 2 rings (SSSR count). The molecule has 2 aromatic rings. The molecule has 0 amide bonds. The minimum absolute atomic E-state index is 0.340. The zero-order valence-corrected chi connectivity index (χ0v) is 9.96. The van der Waals surface area contributed by atoms with Gasteiger partial charge in [0.05, 0.1) is 17.1 Å². The lowest BCUT2D eigenvalue weighted by atomic mass is 10.1. The molecule has 0 aliphatic heterocycles. The first-order chi connectivity index (χ1) is 7.85. The second-order valence-electron chi connectivity index (χ2n) is 4.12. The fourth-order valence-electron chi connectivity index (χ4n) is 1.96. The number of fused-ring (bicyclic) bond motifs is 1. The lowest BCUT2D eigenvalue weighted by Gasteiger charge is -2.12. The van der Waals surface area contributed by atoms with E-state index in [1.165, 1.54) is 12.8 Å². The molecule has 2 N–H and O–H groups in total. The molecule has 86 valence electrons. The molecule has 3 nitrogen and oxygen atoms in total. The Bertz CT molecular complexity index is 414. The van der Waals surface area contributed by atoms with Crippen molar-refractivity contribution in [2.45, 2.75) is 32.2 Å². The number of hydrogen-bond acceptors (Lipinski definition) is 2. The highest BCUT2D eigenvalue weighted by Gasteiger charge is 2.12. The second kappa shape index (κ2) is 5.12. The van der Waals surface area contributed by atoms with Gasteiger partial charge in [0.1, 0.15) is 5.82 Å². The number of rotatable bonds is 5. The number of benzene rings is 1. The fourth-order valence-corrected chi connectivity index (χ4v) is 1.96. The number of para-hydroxylation sites is 2. The maximum absolute atomic E-state index is 4.62. The Kier molecular flexibility index (Phi) is 3.57. The van der Waals surface area contributed by atoms with E-state index in [0.717, 1.165) is 23.3 Å². The largest absolute Gasteiger partial charge is 0.341 e. The normalized spacial score (nSPS) is 13.1. The van der Waals surface area contributed by atoms with Gasteiger partial charge < -0.3 is 10.3 Å². The zero-order valence-electron chi connectivity index (χ0n) is 9.96. The third-order valence-corrected chi connectivity index (χ3v) is 2.93. The third-order valence-electron chi connectivity index (χ3n) is 2.93. The summed E-state index contributed by atoms with van der Waals surface area (Å²) in [5, 5.41) is 3.32. The summed E-state index contributed by atoms with van der Waals surface area (Å²) in [5.74, 6) is 1.05. The molecule has 1 aromatic heterocycles. The van der Waals surface area contributed by atoms with Crippen LogP contribution in [0.4, 0.5) is 0 Å². The van der Waals surface area contributed by atoms with E-state index >= 15 is 0 Å². The molecule has 0 aliphatic rings. The van der Waals surface area contributed by atoms with Crippen LogP contribution >= 0.6 is 0 Å². The van der Waals surface area contributed by atoms with Crippen LogP contribution in [0.5, 0.6) is 0 Å². The number of imidazole rings is 1. The van der Waals surface area contributed by atoms with E-state index in [0.29, 0.717) is 6.04 Å². The molecule has 16 heavy (non-hydrogen) atoms. The molecule has 1 heterocycles. The Labute approximate surface area is 96.3 Å². The van der Waals surface area contributed by atoms with Gasteiger partial charge in [0, 0.05) is 0 Å². The Balaban J connectivity index is 2.23. The summed E-state index contributed by atoms with van der Waals surface area (Å²) < 4.78 is 0. The van der Waals surface area contributed by atoms with Crippen molar-refractivity contribution >= 4 is 11.0 Å². The Morgan fingerprint density at radius 2 is 2.19 bits per heavy atom. The molecule has 1 aromatic carbocycles. The summed E-state index contributed by atoms with van der Waals surface area (Å²) in [5.41, 5.74) is 2.17. The molecule has 1 atom stereocenters. The van der Waals surface area contributed by atoms with Crippen LogP contribution in [-0.2, 0) is 0 Å². The summed E-state index contributed by atoms with van der Waals surface area (Å²) >= 11 is 0. The van der Waals surface area contributed by atoms with Crippen LogP contribution in [0.1, 0.15) is 38.1 Å². The average molecular weight is 217 g/mol. The molecule has 1 unspecified atom stereocenters. The second-order valence-corrected chi connectivity index (χ2v) is 4.12. The van der Waals surface area contributed by atoms with Crippen LogP contribution in [-0.4, -0.2) is 17.0 Å². The highest BCUT2D eigenvalue weighted by molar-refractivity contribution is 5.74. The van der Waals surface area contributed by atoms with E-state index < -0.39 is 0 Å². The first-order valence-electron chi connectivity index (χ1n) is 5.97. The van der Waals surface area contributed by atoms with Gasteiger partial charge >= 0.3 is 0 Å². The van der Waals surface area contributed by atoms with Gasteiger partial charge in [-0.15, -0.1) is 0 Å². The van der Waals surface area contributed by atoms with E-state index in [-0.39, 0.29) is 0 Å². The van der Waals surface area contributed by atoms with Gasteiger partial charge in [-0.25, -0.2) is 4.98 Å². The maximum atomic E-state index is 4.62. The summed E-state index contributed by atoms with van der Waals surface area (Å²) in [4.78, 5) is 8.00. The molecule has 0 bridgehead atoms. The molecule has 0 saturated carbocycles. The SMILES string of the molecule is CCCCC(NC)c1nc2ccccc2[nH]1. The molecule has 0 radical (unpaired) electrons. The average Bonchev–Trinajstić information content (AvgIpc) is 2.73. The van der Waals surface area contributed by atoms with Gasteiger partial charge in [0.15, 0.2) is 0 Å². The minimum Gasteiger partial charge on any atom is -0.341 e. The quantitative estimate of drug-likeness (QED) is 0.808. The van der Waals surface area contributed by atoms with Gasteiger partial charge in [0.25, 0.3) is 0 Å². The van der Waals surface area contributed by atoms with Gasteiger partial charge in [-0.05, 0) is 25.6 Å². The van der Waals surface area contributed by atoms with Crippen LogP contribution < -0.4 is 5.32 Å². The summed E-state index contributed by atoms with van der Waals surface area (Å²) in [7, 11) is 1.99. The summed E-state index contributed by atoms with van der Waals surface area (Å²) in [6.07, 6.45) is 3.58. The van der Waals surface area contributed by atoms with Crippen LogP contribution in [0, 0.1) is 0 Å². The number of nitrogens with one attached hydrogen (secondary N) is 2. The molecule has 0 fully saturated rings. The van der Waals surface area contributed by atoms with E-state index in [2.05, 4.69) is 28.3 Å². The topological polar surface area (TPSA) is 40.7 Å². The number of unbranched alkanes of at least 4 members (excludes halogenated alkanes) is 1. The number of nitrogens with zero attached hydrogens (tertiary/aromatic N) is 1. The molecule has 0 saturated heterocycles. The van der Waals surface area contributed by atoms with Crippen molar-refractivity contribution in [3.05, 3.63) is 30.1 Å². The van der Waals surface area contributed by atoms with E-state index in [4.69, 9.17) is 0 Å². The summed E-state index contributed by atoms with van der Waals surface area (Å²) in [6.45, 7) is 2.21. The van der Waals surface area contributed by atoms with Crippen LogP contribution in [0.2, 0.25) is 0 Å². The Morgan fingerprint density at radius 3 is 2.88 bits per heavy atom. The first kappa shape index (κ1) is 11.1. The van der Waals surface area contributed by atoms with Crippen molar-refractivity contribution in [2.24, 2.45) is 0 Å². The number of aromatic nitrogens is 2. The number of aromatic amines is 1. The molecular weight excluding hydrogens is 198 g/mol. The van der Waals surface area contributed by atoms with Gasteiger partial charge in [0.2, 0.25) is 0 Å². The van der Waals surface area contributed by atoms with Crippen LogP contribution in [0.25, 0.3) is 11.0 Å². The smallest absolute Gasteiger partial charge is 0.124 e. The maximum Gasteiger partial charge on any atom is 0.124 e. The van der Waals surface area contributed by atoms with Gasteiger partial charge in [-0.1, -0.05) is 31.9 Å². The Hall–Kier alpha value is -1.35. The predicted octanol–water partition coefficient (Wildman–Crippen LogP) is 3.01. The van der Waals surface area contributed by atoms with Crippen molar-refractivity contribution < 1.29 is 0 Å². The standard InChI is InChI=1S/C13H19N3/c1-3-4-7-12(14-2)13-15-10-8-5-6-9-11(10)16-13/h5-6,8-9,12,14H,3-4,7H2,1-2H3,(H,15,16). The fraction of sp³-hybridized carbons (Fsp3) is 0.462. The van der Waals surface area contributed by atoms with Crippen LogP contribution in [0.3, 0.4) is 0 Å². The monoisotopic (exact) mass is 217 g/mol. The molecule has 0 aliphatic carbocycles. The highest BCUT2D eigenvalue weighted by Crippen LogP contribution is 2.19. The lowest BCUT2D eigenvalue weighted by molar-refractivity contribution is 0.503. The first-order valence-corrected chi connectivity index (χ1v) is 5.97. The van der Waals surface area contributed by atoms with Crippen molar-refractivity contribution in [1.82, 2.24) is 15.3 Å². The van der Waals surface area contributed by atoms with Crippen molar-refractivity contribution in [3.8, 4) is 0 Å². The zero-order chi connectivity index (χ0) is 11.4. The number of hydrogen-bond donors (Lipinski definition) is 2. The van der Waals surface area contributed by atoms with E-state index in [9.17, 15) is 0 Å². The van der Waals surface area contributed by atoms with E-state index in [1.807, 2.05) is 25.2 Å². The van der Waals surface area contributed by atoms with Crippen molar-refractivity contribution in [1.29, 1.82) is 0 Å². The Morgan fingerprint density at radius 1 is 1.38 bits per heavy atom. The summed E-state index contributed by atoms with van der Waals surface area (Å²) in [6, 6.07) is 8.51. The van der Waals surface area contributed by atoms with Crippen molar-refractivity contribution in [2.75, 3.05) is 7.05 Å². The molecular formula is C13H19N3. The van der Waals surface area contributed by atoms with Crippen LogP contribution in [0.15, 0.2) is 24.3 Å². The lowest BCUT2D eigenvalue weighted by Crippen LogP contribution is -2.17. The molecule has 3 heteroatoms. The third kappa shape index (κ3) is 2.25. The highest BCUT2D eigenvalue weighted by atomic mass is 15.0. The van der Waals surface area contributed by atoms with Gasteiger partial charge in [-0.2, -0.15) is 0 Å².